The zero-order valence-electron chi connectivity index (χ0n) is 12.6. The van der Waals surface area contributed by atoms with Gasteiger partial charge in [0, 0.05) is 17.0 Å². The highest BCUT2D eigenvalue weighted by atomic mass is 35.5. The summed E-state index contributed by atoms with van der Waals surface area (Å²) in [5.74, 6) is -0.0164. The number of carbonyl (C=O) groups excluding carboxylic acids is 1. The lowest BCUT2D eigenvalue weighted by atomic mass is 10.1. The molecule has 1 unspecified atom stereocenters. The fraction of sp³-hybridized carbons (Fsp3) is 0.353. The molecule has 0 aliphatic heterocycles. The third kappa shape index (κ3) is 2.40. The maximum absolute atomic E-state index is 12.2. The topological polar surface area (TPSA) is 22.0 Å². The van der Waals surface area contributed by atoms with Gasteiger partial charge in [0.05, 0.1) is 11.1 Å². The van der Waals surface area contributed by atoms with Crippen molar-refractivity contribution in [3.63, 3.8) is 0 Å². The normalized spacial score (nSPS) is 12.5. The molecule has 106 valence electrons. The number of aryl methyl sites for hydroxylation is 3. The standard InChI is InChI=1S/C17H20ClNO/c1-10-7-6-8-11(2)16(10)19-12(3)9-15(14(19)5)17(20)13(4)18/h6-9,13H,1-5H3. The van der Waals surface area contributed by atoms with Crippen LogP contribution in [0.4, 0.5) is 0 Å². The van der Waals surface area contributed by atoms with E-state index in [1.807, 2.05) is 19.9 Å². The number of Topliss-reactive ketones (excluding diaryl/α,β-unsaturated/α-hetero) is 1. The van der Waals surface area contributed by atoms with E-state index in [9.17, 15) is 4.79 Å². The molecule has 0 spiro atoms. The molecule has 1 heterocycles. The molecule has 1 aromatic heterocycles. The van der Waals surface area contributed by atoms with Crippen LogP contribution in [0.25, 0.3) is 5.69 Å². The van der Waals surface area contributed by atoms with E-state index in [1.165, 1.54) is 11.1 Å². The van der Waals surface area contributed by atoms with Gasteiger partial charge in [0.2, 0.25) is 0 Å². The Labute approximate surface area is 125 Å². The highest BCUT2D eigenvalue weighted by Crippen LogP contribution is 2.27. The van der Waals surface area contributed by atoms with Crippen molar-refractivity contribution in [2.45, 2.75) is 40.0 Å². The molecule has 0 N–H and O–H groups in total. The van der Waals surface area contributed by atoms with Gasteiger partial charge in [0.15, 0.2) is 5.78 Å². The number of carbonyl (C=O) groups is 1. The zero-order chi connectivity index (χ0) is 15.0. The van der Waals surface area contributed by atoms with Crippen LogP contribution in [0.1, 0.15) is 39.8 Å². The maximum atomic E-state index is 12.2. The minimum Gasteiger partial charge on any atom is -0.317 e. The molecule has 1 aromatic carbocycles. The molecule has 2 rings (SSSR count). The Balaban J connectivity index is 2.68. The van der Waals surface area contributed by atoms with Crippen molar-refractivity contribution in [2.24, 2.45) is 0 Å². The first-order chi connectivity index (χ1) is 9.34. The van der Waals surface area contributed by atoms with Gasteiger partial charge >= 0.3 is 0 Å². The van der Waals surface area contributed by atoms with Crippen molar-refractivity contribution in [3.05, 3.63) is 52.3 Å². The lowest BCUT2D eigenvalue weighted by molar-refractivity contribution is 0.0991. The lowest BCUT2D eigenvalue weighted by Crippen LogP contribution is -2.12. The van der Waals surface area contributed by atoms with E-state index in [0.29, 0.717) is 5.56 Å². The van der Waals surface area contributed by atoms with E-state index in [1.54, 1.807) is 6.92 Å². The van der Waals surface area contributed by atoms with Gasteiger partial charge < -0.3 is 4.57 Å². The van der Waals surface area contributed by atoms with E-state index in [4.69, 9.17) is 11.6 Å². The predicted molar refractivity (Wildman–Crippen MR) is 84.4 cm³/mol. The van der Waals surface area contributed by atoms with Crippen LogP contribution < -0.4 is 0 Å². The summed E-state index contributed by atoms with van der Waals surface area (Å²) >= 11 is 5.95. The minimum atomic E-state index is -0.498. The minimum absolute atomic E-state index is 0.0164. The Hall–Kier alpha value is -1.54. The van der Waals surface area contributed by atoms with Crippen molar-refractivity contribution < 1.29 is 4.79 Å². The van der Waals surface area contributed by atoms with Crippen LogP contribution in [0.5, 0.6) is 0 Å². The van der Waals surface area contributed by atoms with Gasteiger partial charge in [-0.1, -0.05) is 18.2 Å². The molecule has 0 amide bonds. The van der Waals surface area contributed by atoms with Crippen molar-refractivity contribution in [2.75, 3.05) is 0 Å². The Morgan fingerprint density at radius 3 is 2.20 bits per heavy atom. The van der Waals surface area contributed by atoms with Crippen LogP contribution in [-0.2, 0) is 0 Å². The molecule has 0 fully saturated rings. The molecule has 2 aromatic rings. The van der Waals surface area contributed by atoms with E-state index in [-0.39, 0.29) is 5.78 Å². The number of ketones is 1. The van der Waals surface area contributed by atoms with Gasteiger partial charge in [0.1, 0.15) is 0 Å². The Morgan fingerprint density at radius 1 is 1.15 bits per heavy atom. The van der Waals surface area contributed by atoms with Crippen LogP contribution in [0, 0.1) is 27.7 Å². The zero-order valence-corrected chi connectivity index (χ0v) is 13.4. The molecule has 0 aliphatic rings. The van der Waals surface area contributed by atoms with Crippen LogP contribution >= 0.6 is 11.6 Å². The first-order valence-electron chi connectivity index (χ1n) is 6.78. The summed E-state index contributed by atoms with van der Waals surface area (Å²) in [5.41, 5.74) is 6.28. The molecule has 0 bridgehead atoms. The van der Waals surface area contributed by atoms with Crippen LogP contribution in [0.15, 0.2) is 24.3 Å². The Kier molecular flexibility index (Phi) is 4.05. The number of para-hydroxylation sites is 1. The second kappa shape index (κ2) is 5.45. The number of hydrogen-bond donors (Lipinski definition) is 0. The molecular formula is C17H20ClNO. The van der Waals surface area contributed by atoms with Crippen molar-refractivity contribution >= 4 is 17.4 Å². The number of halogens is 1. The van der Waals surface area contributed by atoms with Gasteiger partial charge in [-0.05, 0) is 51.8 Å². The fourth-order valence-electron chi connectivity index (χ4n) is 2.73. The Morgan fingerprint density at radius 2 is 1.70 bits per heavy atom. The predicted octanol–water partition coefficient (Wildman–Crippen LogP) is 4.52. The fourth-order valence-corrected chi connectivity index (χ4v) is 2.85. The molecule has 0 aliphatic carbocycles. The number of alkyl halides is 1. The van der Waals surface area contributed by atoms with E-state index in [2.05, 4.69) is 36.6 Å². The number of nitrogens with zero attached hydrogens (tertiary/aromatic N) is 1. The van der Waals surface area contributed by atoms with Gasteiger partial charge in [-0.3, -0.25) is 4.79 Å². The first-order valence-corrected chi connectivity index (χ1v) is 7.22. The highest BCUT2D eigenvalue weighted by molar-refractivity contribution is 6.33. The van der Waals surface area contributed by atoms with Gasteiger partial charge in [-0.2, -0.15) is 0 Å². The summed E-state index contributed by atoms with van der Waals surface area (Å²) in [6.45, 7) is 9.90. The summed E-state index contributed by atoms with van der Waals surface area (Å²) in [4.78, 5) is 12.2. The van der Waals surface area contributed by atoms with Crippen LogP contribution in [0.2, 0.25) is 0 Å². The molecular weight excluding hydrogens is 270 g/mol. The number of benzene rings is 1. The monoisotopic (exact) mass is 289 g/mol. The van der Waals surface area contributed by atoms with Crippen LogP contribution in [-0.4, -0.2) is 15.7 Å². The second-order valence-corrected chi connectivity index (χ2v) is 6.00. The summed E-state index contributed by atoms with van der Waals surface area (Å²) in [6.07, 6.45) is 0. The van der Waals surface area contributed by atoms with Crippen molar-refractivity contribution in [1.82, 2.24) is 4.57 Å². The number of aromatic nitrogens is 1. The van der Waals surface area contributed by atoms with Gasteiger partial charge in [-0.25, -0.2) is 0 Å². The largest absolute Gasteiger partial charge is 0.317 e. The maximum Gasteiger partial charge on any atom is 0.182 e. The number of rotatable bonds is 3. The summed E-state index contributed by atoms with van der Waals surface area (Å²) in [5, 5.41) is -0.498. The molecule has 1 atom stereocenters. The molecule has 0 saturated carbocycles. The third-order valence-corrected chi connectivity index (χ3v) is 3.92. The van der Waals surface area contributed by atoms with Gasteiger partial charge in [-0.15, -0.1) is 11.6 Å². The summed E-state index contributed by atoms with van der Waals surface area (Å²) in [7, 11) is 0. The van der Waals surface area contributed by atoms with Crippen molar-refractivity contribution in [1.29, 1.82) is 0 Å². The average Bonchev–Trinajstić information content (AvgIpc) is 2.65. The first kappa shape index (κ1) is 14.9. The number of hydrogen-bond acceptors (Lipinski definition) is 1. The second-order valence-electron chi connectivity index (χ2n) is 5.34. The molecule has 20 heavy (non-hydrogen) atoms. The van der Waals surface area contributed by atoms with E-state index < -0.39 is 5.38 Å². The van der Waals surface area contributed by atoms with Crippen molar-refractivity contribution in [3.8, 4) is 5.69 Å². The molecule has 0 saturated heterocycles. The van der Waals surface area contributed by atoms with E-state index in [0.717, 1.165) is 17.1 Å². The summed E-state index contributed by atoms with van der Waals surface area (Å²) in [6, 6.07) is 8.16. The van der Waals surface area contributed by atoms with Crippen LogP contribution in [0.3, 0.4) is 0 Å². The summed E-state index contributed by atoms with van der Waals surface area (Å²) < 4.78 is 2.15. The third-order valence-electron chi connectivity index (χ3n) is 3.72. The molecule has 3 heteroatoms. The SMILES string of the molecule is Cc1cccc(C)c1-n1c(C)cc(C(=O)C(C)Cl)c1C. The van der Waals surface area contributed by atoms with E-state index >= 15 is 0 Å². The average molecular weight is 290 g/mol. The highest BCUT2D eigenvalue weighted by Gasteiger charge is 2.21. The molecule has 2 nitrogen and oxygen atoms in total. The Bertz CT molecular complexity index is 648. The smallest absolute Gasteiger partial charge is 0.182 e. The quantitative estimate of drug-likeness (QED) is 0.601. The lowest BCUT2D eigenvalue weighted by Gasteiger charge is -2.16. The van der Waals surface area contributed by atoms with Gasteiger partial charge in [0.25, 0.3) is 0 Å². The molecule has 0 radical (unpaired) electrons.